The second-order valence-corrected chi connectivity index (χ2v) is 12.7. The van der Waals surface area contributed by atoms with Gasteiger partial charge in [0.1, 0.15) is 29.7 Å². The van der Waals surface area contributed by atoms with Gasteiger partial charge >= 0.3 is 0 Å². The zero-order valence-corrected chi connectivity index (χ0v) is 24.7. The Labute approximate surface area is 242 Å². The number of hydrogen-bond donors (Lipinski definition) is 9. The van der Waals surface area contributed by atoms with E-state index in [1.54, 1.807) is 14.0 Å². The Kier molecular flexibility index (Phi) is 10.7. The van der Waals surface area contributed by atoms with E-state index in [9.17, 15) is 25.2 Å². The van der Waals surface area contributed by atoms with Crippen molar-refractivity contribution in [3.05, 3.63) is 11.8 Å². The number of aliphatic hydroxyl groups excluding tert-OH is 2. The number of carbonyl (C=O) groups excluding carboxylic acids is 1. The molecule has 0 radical (unpaired) electrons. The molecule has 3 aliphatic heterocycles. The fourth-order valence-corrected chi connectivity index (χ4v) is 6.67. The minimum Gasteiger partial charge on any atom is -0.493 e. The topological polar surface area (TPSA) is 200 Å². The Morgan fingerprint density at radius 3 is 2.59 bits per heavy atom. The lowest BCUT2D eigenvalue weighted by Gasteiger charge is -2.51. The number of nitrogens with two attached hydrogens (primary N) is 1. The zero-order chi connectivity index (χ0) is 29.9. The largest absolute Gasteiger partial charge is 0.493 e. The van der Waals surface area contributed by atoms with Gasteiger partial charge in [0.15, 0.2) is 11.9 Å². The van der Waals surface area contributed by atoms with Crippen molar-refractivity contribution < 1.29 is 39.4 Å². The van der Waals surface area contributed by atoms with Crippen molar-refractivity contribution in [2.45, 2.75) is 94.0 Å². The Bertz CT molecular complexity index is 918. The van der Waals surface area contributed by atoms with Crippen molar-refractivity contribution in [3.63, 3.8) is 0 Å². The highest BCUT2D eigenvalue weighted by Gasteiger charge is 2.54. The molecule has 13 heteroatoms. The quantitative estimate of drug-likeness (QED) is 0.116. The minimum absolute atomic E-state index is 0.0655. The van der Waals surface area contributed by atoms with Crippen LogP contribution in [-0.4, -0.2) is 127 Å². The molecule has 10 N–H and O–H groups in total. The molecule has 4 aliphatic rings. The molecule has 1 aliphatic carbocycles. The van der Waals surface area contributed by atoms with Crippen LogP contribution >= 0.6 is 0 Å². The molecule has 236 valence electrons. The fraction of sp³-hybridized carbons (Fsp3) is 0.893. The third kappa shape index (κ3) is 7.06. The summed E-state index contributed by atoms with van der Waals surface area (Å²) in [4.78, 5) is 13.0. The van der Waals surface area contributed by atoms with Crippen molar-refractivity contribution in [1.29, 1.82) is 0 Å². The maximum absolute atomic E-state index is 13.0. The van der Waals surface area contributed by atoms with Gasteiger partial charge in [0.25, 0.3) is 5.91 Å². The Balaban J connectivity index is 1.54. The Morgan fingerprint density at radius 1 is 1.22 bits per heavy atom. The number of likely N-dealkylation sites (N-methyl/N-ethyl adjacent to an activating group) is 1. The van der Waals surface area contributed by atoms with Crippen LogP contribution in [0, 0.1) is 17.8 Å². The summed E-state index contributed by atoms with van der Waals surface area (Å²) in [5.74, 6) is 0.00322. The third-order valence-corrected chi connectivity index (χ3v) is 9.22. The highest BCUT2D eigenvalue weighted by atomic mass is 16.7. The molecular weight excluding hydrogens is 534 g/mol. The first kappa shape index (κ1) is 32.5. The van der Waals surface area contributed by atoms with Crippen LogP contribution in [0.3, 0.4) is 0 Å². The Hall–Kier alpha value is -1.39. The van der Waals surface area contributed by atoms with Gasteiger partial charge in [-0.25, -0.2) is 0 Å². The van der Waals surface area contributed by atoms with E-state index >= 15 is 0 Å². The van der Waals surface area contributed by atoms with Gasteiger partial charge in [0, 0.05) is 19.0 Å². The second kappa shape index (κ2) is 13.5. The number of amides is 1. The summed E-state index contributed by atoms with van der Waals surface area (Å²) in [6.45, 7) is 7.83. The standard InChI is InChI=1S/C28H51N5O8/c1-15-6-7-17(11-31-9-5-8-29)40-22(15)19-16(2)10-18(33-26(36)28(38)12-32-13-28)23(20(19)34)41-25-21(35)24(30-4)27(3,37)14-39-25/h7,15-16,18-25,30-32,34-35,37-38H,5-6,8-14,29H2,1-4H3,(H,33,36). The van der Waals surface area contributed by atoms with E-state index < -0.39 is 53.8 Å². The van der Waals surface area contributed by atoms with Crippen molar-refractivity contribution in [3.8, 4) is 0 Å². The lowest BCUT2D eigenvalue weighted by molar-refractivity contribution is -0.299. The molecule has 1 saturated carbocycles. The number of ether oxygens (including phenoxy) is 3. The van der Waals surface area contributed by atoms with Gasteiger partial charge in [-0.15, -0.1) is 0 Å². The maximum atomic E-state index is 13.0. The molecule has 41 heavy (non-hydrogen) atoms. The fourth-order valence-electron chi connectivity index (χ4n) is 6.67. The number of hydrogen-bond acceptors (Lipinski definition) is 12. The minimum atomic E-state index is -1.52. The van der Waals surface area contributed by atoms with Gasteiger partial charge < -0.3 is 61.6 Å². The van der Waals surface area contributed by atoms with Crippen LogP contribution in [0.25, 0.3) is 0 Å². The number of carbonyl (C=O) groups is 1. The number of aliphatic hydroxyl groups is 4. The molecule has 0 aromatic rings. The van der Waals surface area contributed by atoms with Gasteiger partial charge in [-0.1, -0.05) is 13.8 Å². The van der Waals surface area contributed by atoms with Crippen molar-refractivity contribution in [2.75, 3.05) is 46.4 Å². The molecule has 0 aromatic carbocycles. The van der Waals surface area contributed by atoms with Crippen LogP contribution in [0.4, 0.5) is 0 Å². The number of β-amino-alcohol motifs (C(OH)–C–C–N with tert-alkyl or cyclic N) is 1. The lowest BCUT2D eigenvalue weighted by atomic mass is 9.68. The van der Waals surface area contributed by atoms with Gasteiger partial charge in [-0.05, 0) is 64.2 Å². The van der Waals surface area contributed by atoms with E-state index in [0.29, 0.717) is 19.5 Å². The molecule has 4 rings (SSSR count). The molecule has 2 saturated heterocycles. The van der Waals surface area contributed by atoms with Gasteiger partial charge in [0.05, 0.1) is 31.3 Å². The zero-order valence-electron chi connectivity index (χ0n) is 24.7. The summed E-state index contributed by atoms with van der Waals surface area (Å²) in [6, 6.07) is -1.40. The van der Waals surface area contributed by atoms with E-state index in [1.807, 2.05) is 6.92 Å². The third-order valence-electron chi connectivity index (χ3n) is 9.22. The number of rotatable bonds is 11. The van der Waals surface area contributed by atoms with Gasteiger partial charge in [0.2, 0.25) is 0 Å². The first-order valence-corrected chi connectivity index (χ1v) is 14.9. The molecule has 11 unspecified atom stereocenters. The molecule has 11 atom stereocenters. The van der Waals surface area contributed by atoms with E-state index in [2.05, 4.69) is 34.3 Å². The Morgan fingerprint density at radius 2 is 1.95 bits per heavy atom. The molecule has 0 bridgehead atoms. The molecule has 0 spiro atoms. The van der Waals surface area contributed by atoms with E-state index in [1.165, 1.54) is 0 Å². The number of nitrogens with one attached hydrogen (secondary N) is 4. The molecule has 0 aromatic heterocycles. The van der Waals surface area contributed by atoms with Crippen molar-refractivity contribution in [1.82, 2.24) is 21.3 Å². The van der Waals surface area contributed by atoms with Crippen LogP contribution in [0.15, 0.2) is 11.8 Å². The second-order valence-electron chi connectivity index (χ2n) is 12.7. The molecule has 13 nitrogen and oxygen atoms in total. The predicted octanol–water partition coefficient (Wildman–Crippen LogP) is -2.49. The smallest absolute Gasteiger partial charge is 0.254 e. The lowest BCUT2D eigenvalue weighted by Crippen LogP contribution is -2.71. The molecule has 3 heterocycles. The van der Waals surface area contributed by atoms with Gasteiger partial charge in [-0.2, -0.15) is 0 Å². The summed E-state index contributed by atoms with van der Waals surface area (Å²) in [5, 5.41) is 56.4. The van der Waals surface area contributed by atoms with Gasteiger partial charge in [-0.3, -0.25) is 4.79 Å². The summed E-state index contributed by atoms with van der Waals surface area (Å²) in [7, 11) is 1.63. The van der Waals surface area contributed by atoms with Crippen LogP contribution in [0.1, 0.15) is 40.0 Å². The predicted molar refractivity (Wildman–Crippen MR) is 150 cm³/mol. The summed E-state index contributed by atoms with van der Waals surface area (Å²) in [5.41, 5.74) is 2.74. The molecule has 3 fully saturated rings. The van der Waals surface area contributed by atoms with E-state index in [0.717, 1.165) is 25.1 Å². The molecular formula is C28H51N5O8. The summed E-state index contributed by atoms with van der Waals surface area (Å²) < 4.78 is 18.5. The first-order chi connectivity index (χ1) is 19.4. The first-order valence-electron chi connectivity index (χ1n) is 14.9. The maximum Gasteiger partial charge on any atom is 0.254 e. The van der Waals surface area contributed by atoms with Crippen LogP contribution in [0.2, 0.25) is 0 Å². The normalized spacial score (nSPS) is 42.5. The SMILES string of the molecule is CNC1C(O)C(OC2C(NC(=O)C3(O)CNC3)CC(C)C(C3OC(CNCCCN)=CCC3C)C2O)OCC1(C)O. The monoisotopic (exact) mass is 585 g/mol. The average molecular weight is 586 g/mol. The summed E-state index contributed by atoms with van der Waals surface area (Å²) in [6.07, 6.45) is -0.571. The molecule has 1 amide bonds. The number of allylic oxidation sites excluding steroid dienone is 1. The van der Waals surface area contributed by atoms with E-state index in [4.69, 9.17) is 19.9 Å². The van der Waals surface area contributed by atoms with Crippen LogP contribution in [-0.2, 0) is 19.0 Å². The van der Waals surface area contributed by atoms with Crippen LogP contribution < -0.4 is 27.0 Å². The van der Waals surface area contributed by atoms with Crippen LogP contribution in [0.5, 0.6) is 0 Å². The van der Waals surface area contributed by atoms with Crippen molar-refractivity contribution in [2.24, 2.45) is 23.5 Å². The summed E-state index contributed by atoms with van der Waals surface area (Å²) >= 11 is 0. The highest BCUT2D eigenvalue weighted by Crippen LogP contribution is 2.42. The highest BCUT2D eigenvalue weighted by molar-refractivity contribution is 5.87. The van der Waals surface area contributed by atoms with Crippen molar-refractivity contribution >= 4 is 5.91 Å². The average Bonchev–Trinajstić information content (AvgIpc) is 2.90. The van der Waals surface area contributed by atoms with E-state index in [-0.39, 0.29) is 43.6 Å².